The Morgan fingerprint density at radius 2 is 2.13 bits per heavy atom. The molecular formula is C13H19NO. The number of aryl methyl sites for hydroxylation is 1. The Morgan fingerprint density at radius 3 is 2.73 bits per heavy atom. The SMILES string of the molecule is COc1cc(C)cc([C@@H]2C[C@@H](C)CN2)c1. The zero-order valence-corrected chi connectivity index (χ0v) is 9.71. The molecule has 1 heterocycles. The molecule has 1 N–H and O–H groups in total. The standard InChI is InChI=1S/C13H19NO/c1-9-4-11(7-12(5-9)15-3)13-6-10(2)8-14-13/h4-5,7,10,13-14H,6,8H2,1-3H3/t10-,13+/m1/s1. The van der Waals surface area contributed by atoms with Crippen LogP contribution in [0.25, 0.3) is 0 Å². The smallest absolute Gasteiger partial charge is 0.119 e. The van der Waals surface area contributed by atoms with Crippen molar-refractivity contribution in [1.29, 1.82) is 0 Å². The summed E-state index contributed by atoms with van der Waals surface area (Å²) in [6.07, 6.45) is 1.23. The quantitative estimate of drug-likeness (QED) is 0.801. The van der Waals surface area contributed by atoms with Gasteiger partial charge in [-0.3, -0.25) is 0 Å². The molecule has 0 saturated carbocycles. The van der Waals surface area contributed by atoms with Crippen LogP contribution >= 0.6 is 0 Å². The lowest BCUT2D eigenvalue weighted by molar-refractivity contribution is 0.413. The molecule has 0 bridgehead atoms. The number of hydrogen-bond acceptors (Lipinski definition) is 2. The second-order valence-corrected chi connectivity index (χ2v) is 4.59. The molecule has 2 atom stereocenters. The summed E-state index contributed by atoms with van der Waals surface area (Å²) in [5.74, 6) is 1.74. The van der Waals surface area contributed by atoms with E-state index in [0.717, 1.165) is 18.2 Å². The first-order valence-corrected chi connectivity index (χ1v) is 5.58. The first-order chi connectivity index (χ1) is 7.19. The molecule has 1 aromatic carbocycles. The summed E-state index contributed by atoms with van der Waals surface area (Å²) in [6, 6.07) is 6.97. The zero-order chi connectivity index (χ0) is 10.8. The van der Waals surface area contributed by atoms with Crippen LogP contribution in [0.3, 0.4) is 0 Å². The Kier molecular flexibility index (Phi) is 2.96. The van der Waals surface area contributed by atoms with Gasteiger partial charge in [0.1, 0.15) is 5.75 Å². The maximum atomic E-state index is 5.29. The van der Waals surface area contributed by atoms with Gasteiger partial charge in [0, 0.05) is 6.04 Å². The van der Waals surface area contributed by atoms with Crippen LogP contribution in [-0.2, 0) is 0 Å². The van der Waals surface area contributed by atoms with Gasteiger partial charge in [-0.05, 0) is 49.1 Å². The van der Waals surface area contributed by atoms with Crippen molar-refractivity contribution in [2.75, 3.05) is 13.7 Å². The summed E-state index contributed by atoms with van der Waals surface area (Å²) >= 11 is 0. The van der Waals surface area contributed by atoms with Crippen LogP contribution in [0.2, 0.25) is 0 Å². The van der Waals surface area contributed by atoms with Crippen LogP contribution in [0.1, 0.15) is 30.5 Å². The second kappa shape index (κ2) is 4.23. The third kappa shape index (κ3) is 2.32. The van der Waals surface area contributed by atoms with Crippen LogP contribution in [0, 0.1) is 12.8 Å². The minimum Gasteiger partial charge on any atom is -0.497 e. The van der Waals surface area contributed by atoms with E-state index in [-0.39, 0.29) is 0 Å². The monoisotopic (exact) mass is 205 g/mol. The van der Waals surface area contributed by atoms with E-state index in [2.05, 4.69) is 37.4 Å². The molecule has 0 radical (unpaired) electrons. The van der Waals surface area contributed by atoms with Gasteiger partial charge in [0.25, 0.3) is 0 Å². The maximum absolute atomic E-state index is 5.29. The molecule has 2 heteroatoms. The van der Waals surface area contributed by atoms with Crippen LogP contribution in [-0.4, -0.2) is 13.7 Å². The van der Waals surface area contributed by atoms with Gasteiger partial charge in [0.15, 0.2) is 0 Å². The Balaban J connectivity index is 2.24. The van der Waals surface area contributed by atoms with Crippen molar-refractivity contribution in [2.45, 2.75) is 26.3 Å². The predicted molar refractivity (Wildman–Crippen MR) is 62.3 cm³/mol. The summed E-state index contributed by atoms with van der Waals surface area (Å²) in [5, 5.41) is 3.55. The van der Waals surface area contributed by atoms with Crippen molar-refractivity contribution in [2.24, 2.45) is 5.92 Å². The van der Waals surface area contributed by atoms with Gasteiger partial charge in [-0.25, -0.2) is 0 Å². The molecule has 15 heavy (non-hydrogen) atoms. The molecule has 2 rings (SSSR count). The van der Waals surface area contributed by atoms with E-state index in [1.807, 2.05) is 0 Å². The van der Waals surface area contributed by atoms with E-state index in [4.69, 9.17) is 4.74 Å². The van der Waals surface area contributed by atoms with Crippen molar-refractivity contribution in [1.82, 2.24) is 5.32 Å². The minimum absolute atomic E-state index is 0.508. The molecule has 0 amide bonds. The fourth-order valence-electron chi connectivity index (χ4n) is 2.26. The highest BCUT2D eigenvalue weighted by Gasteiger charge is 2.22. The molecule has 1 fully saturated rings. The Morgan fingerprint density at radius 1 is 1.33 bits per heavy atom. The van der Waals surface area contributed by atoms with Gasteiger partial charge in [-0.15, -0.1) is 0 Å². The summed E-state index contributed by atoms with van der Waals surface area (Å²) in [7, 11) is 1.73. The first-order valence-electron chi connectivity index (χ1n) is 5.58. The molecule has 0 unspecified atom stereocenters. The van der Waals surface area contributed by atoms with Crippen molar-refractivity contribution < 1.29 is 4.74 Å². The maximum Gasteiger partial charge on any atom is 0.119 e. The summed E-state index contributed by atoms with van der Waals surface area (Å²) < 4.78 is 5.29. The summed E-state index contributed by atoms with van der Waals surface area (Å²) in [5.41, 5.74) is 2.63. The fourth-order valence-corrected chi connectivity index (χ4v) is 2.26. The highest BCUT2D eigenvalue weighted by molar-refractivity contribution is 5.35. The topological polar surface area (TPSA) is 21.3 Å². The van der Waals surface area contributed by atoms with Gasteiger partial charge in [0.05, 0.1) is 7.11 Å². The fraction of sp³-hybridized carbons (Fsp3) is 0.538. The van der Waals surface area contributed by atoms with E-state index in [9.17, 15) is 0 Å². The highest BCUT2D eigenvalue weighted by Crippen LogP contribution is 2.29. The summed E-state index contributed by atoms with van der Waals surface area (Å²) in [4.78, 5) is 0. The molecular weight excluding hydrogens is 186 g/mol. The molecule has 2 nitrogen and oxygen atoms in total. The zero-order valence-electron chi connectivity index (χ0n) is 9.71. The van der Waals surface area contributed by atoms with Gasteiger partial charge < -0.3 is 10.1 Å². The molecule has 0 spiro atoms. The third-order valence-electron chi connectivity index (χ3n) is 3.06. The Hall–Kier alpha value is -1.02. The second-order valence-electron chi connectivity index (χ2n) is 4.59. The number of hydrogen-bond donors (Lipinski definition) is 1. The van der Waals surface area contributed by atoms with E-state index >= 15 is 0 Å². The number of rotatable bonds is 2. The number of methoxy groups -OCH3 is 1. The van der Waals surface area contributed by atoms with E-state index < -0.39 is 0 Å². The lowest BCUT2D eigenvalue weighted by atomic mass is 9.99. The van der Waals surface area contributed by atoms with Gasteiger partial charge >= 0.3 is 0 Å². The third-order valence-corrected chi connectivity index (χ3v) is 3.06. The van der Waals surface area contributed by atoms with E-state index in [1.165, 1.54) is 17.5 Å². The molecule has 1 aromatic rings. The molecule has 1 aliphatic heterocycles. The highest BCUT2D eigenvalue weighted by atomic mass is 16.5. The molecule has 0 aromatic heterocycles. The van der Waals surface area contributed by atoms with Crippen LogP contribution in [0.4, 0.5) is 0 Å². The lowest BCUT2D eigenvalue weighted by Gasteiger charge is -2.13. The average molecular weight is 205 g/mol. The Labute approximate surface area is 91.6 Å². The van der Waals surface area contributed by atoms with Crippen LogP contribution < -0.4 is 10.1 Å². The first kappa shape index (κ1) is 10.5. The van der Waals surface area contributed by atoms with Crippen molar-refractivity contribution in [3.63, 3.8) is 0 Å². The molecule has 1 saturated heterocycles. The number of ether oxygens (including phenoxy) is 1. The average Bonchev–Trinajstić information content (AvgIpc) is 2.64. The Bertz CT molecular complexity index is 348. The van der Waals surface area contributed by atoms with Gasteiger partial charge in [0.2, 0.25) is 0 Å². The van der Waals surface area contributed by atoms with E-state index in [1.54, 1.807) is 7.11 Å². The molecule has 1 aliphatic rings. The van der Waals surface area contributed by atoms with Crippen LogP contribution in [0.15, 0.2) is 18.2 Å². The van der Waals surface area contributed by atoms with Gasteiger partial charge in [-0.1, -0.05) is 13.0 Å². The number of benzene rings is 1. The van der Waals surface area contributed by atoms with Gasteiger partial charge in [-0.2, -0.15) is 0 Å². The largest absolute Gasteiger partial charge is 0.497 e. The molecule has 0 aliphatic carbocycles. The van der Waals surface area contributed by atoms with Crippen molar-refractivity contribution in [3.8, 4) is 5.75 Å². The van der Waals surface area contributed by atoms with E-state index in [0.29, 0.717) is 6.04 Å². The molecule has 82 valence electrons. The van der Waals surface area contributed by atoms with Crippen molar-refractivity contribution in [3.05, 3.63) is 29.3 Å². The number of nitrogens with one attached hydrogen (secondary N) is 1. The minimum atomic E-state index is 0.508. The normalized spacial score (nSPS) is 25.5. The lowest BCUT2D eigenvalue weighted by Crippen LogP contribution is -2.13. The predicted octanol–water partition coefficient (Wildman–Crippen LogP) is 2.67. The van der Waals surface area contributed by atoms with Crippen molar-refractivity contribution >= 4 is 0 Å². The summed E-state index contributed by atoms with van der Waals surface area (Å²) in [6.45, 7) is 5.53. The van der Waals surface area contributed by atoms with Crippen LogP contribution in [0.5, 0.6) is 5.75 Å².